The maximum absolute atomic E-state index is 11.1. The van der Waals surface area contributed by atoms with Crippen LogP contribution in [-0.4, -0.2) is 22.6 Å². The summed E-state index contributed by atoms with van der Waals surface area (Å²) in [6.07, 6.45) is 3.00. The number of carboxylic acid groups (broad SMARTS) is 1. The second kappa shape index (κ2) is 6.88. The molecule has 6 nitrogen and oxygen atoms in total. The topological polar surface area (TPSA) is 89.7 Å². The molecule has 114 valence electrons. The van der Waals surface area contributed by atoms with E-state index in [0.29, 0.717) is 12.2 Å². The fourth-order valence-corrected chi connectivity index (χ4v) is 1.54. The number of carboxylic acids is 1. The molecule has 0 aliphatic heterocycles. The zero-order valence-corrected chi connectivity index (χ0v) is 12.3. The Hall–Kier alpha value is -2.37. The Morgan fingerprint density at radius 3 is 2.62 bits per heavy atom. The Morgan fingerprint density at radius 2 is 2.10 bits per heavy atom. The van der Waals surface area contributed by atoms with Crippen molar-refractivity contribution in [3.8, 4) is 5.75 Å². The van der Waals surface area contributed by atoms with E-state index in [-0.39, 0.29) is 16.9 Å². The molecule has 6 heteroatoms. The summed E-state index contributed by atoms with van der Waals surface area (Å²) in [5.41, 5.74) is 0.350. The summed E-state index contributed by atoms with van der Waals surface area (Å²) in [5, 5.41) is 19.6. The van der Waals surface area contributed by atoms with E-state index in [1.807, 2.05) is 0 Å². The molecule has 21 heavy (non-hydrogen) atoms. The van der Waals surface area contributed by atoms with Crippen LogP contribution in [0.5, 0.6) is 5.75 Å². The van der Waals surface area contributed by atoms with Gasteiger partial charge in [-0.25, -0.2) is 4.79 Å². The monoisotopic (exact) mass is 293 g/mol. The van der Waals surface area contributed by atoms with Gasteiger partial charge in [-0.3, -0.25) is 10.1 Å². The van der Waals surface area contributed by atoms with E-state index in [4.69, 9.17) is 9.84 Å². The highest BCUT2D eigenvalue weighted by Crippen LogP contribution is 2.29. The minimum Gasteiger partial charge on any atom is -0.487 e. The highest BCUT2D eigenvalue weighted by molar-refractivity contribution is 5.85. The fraction of sp³-hybridized carbons (Fsp3) is 0.400. The Balaban J connectivity index is 2.89. The van der Waals surface area contributed by atoms with Gasteiger partial charge in [-0.2, -0.15) is 0 Å². The van der Waals surface area contributed by atoms with Gasteiger partial charge in [0.25, 0.3) is 0 Å². The molecule has 0 radical (unpaired) electrons. The van der Waals surface area contributed by atoms with Gasteiger partial charge in [-0.15, -0.1) is 0 Å². The van der Waals surface area contributed by atoms with Crippen molar-refractivity contribution in [2.24, 2.45) is 5.41 Å². The Morgan fingerprint density at radius 1 is 1.43 bits per heavy atom. The molecular formula is C15H19NO5. The molecular weight excluding hydrogens is 274 g/mol. The van der Waals surface area contributed by atoms with Crippen LogP contribution in [0.2, 0.25) is 0 Å². The highest BCUT2D eigenvalue weighted by atomic mass is 16.6. The fourth-order valence-electron chi connectivity index (χ4n) is 1.54. The lowest BCUT2D eigenvalue weighted by atomic mass is 9.93. The van der Waals surface area contributed by atoms with Crippen LogP contribution in [0.1, 0.15) is 32.8 Å². The second-order valence-corrected chi connectivity index (χ2v) is 5.81. The third-order valence-electron chi connectivity index (χ3n) is 2.71. The van der Waals surface area contributed by atoms with Gasteiger partial charge in [0.15, 0.2) is 5.75 Å². The van der Waals surface area contributed by atoms with Crippen LogP contribution < -0.4 is 4.74 Å². The van der Waals surface area contributed by atoms with Gasteiger partial charge in [0.1, 0.15) is 0 Å². The first-order valence-corrected chi connectivity index (χ1v) is 6.51. The average Bonchev–Trinajstić information content (AvgIpc) is 2.35. The molecule has 0 saturated carbocycles. The van der Waals surface area contributed by atoms with Gasteiger partial charge < -0.3 is 9.84 Å². The lowest BCUT2D eigenvalue weighted by Crippen LogP contribution is -2.11. The van der Waals surface area contributed by atoms with Gasteiger partial charge >= 0.3 is 11.7 Å². The first-order chi connectivity index (χ1) is 9.69. The maximum atomic E-state index is 11.1. The minimum atomic E-state index is -1.11. The SMILES string of the molecule is CC(C)(C)CCOc1ccc(C=CC(=O)O)cc1[N+](=O)[O-]. The summed E-state index contributed by atoms with van der Waals surface area (Å²) < 4.78 is 5.47. The van der Waals surface area contributed by atoms with Crippen LogP contribution in [0.4, 0.5) is 5.69 Å². The predicted molar refractivity (Wildman–Crippen MR) is 79.3 cm³/mol. The van der Waals surface area contributed by atoms with E-state index in [1.165, 1.54) is 18.2 Å². The second-order valence-electron chi connectivity index (χ2n) is 5.81. The third kappa shape index (κ3) is 6.07. The molecule has 1 rings (SSSR count). The highest BCUT2D eigenvalue weighted by Gasteiger charge is 2.17. The summed E-state index contributed by atoms with van der Waals surface area (Å²) in [6, 6.07) is 4.37. The smallest absolute Gasteiger partial charge is 0.328 e. The van der Waals surface area contributed by atoms with Crippen LogP contribution in [0.25, 0.3) is 6.08 Å². The first kappa shape index (κ1) is 16.7. The number of benzene rings is 1. The zero-order chi connectivity index (χ0) is 16.0. The first-order valence-electron chi connectivity index (χ1n) is 6.51. The van der Waals surface area contributed by atoms with Crippen LogP contribution in [0, 0.1) is 15.5 Å². The van der Waals surface area contributed by atoms with Crippen molar-refractivity contribution >= 4 is 17.7 Å². The van der Waals surface area contributed by atoms with Crippen LogP contribution in [0.15, 0.2) is 24.3 Å². The standard InChI is InChI=1S/C15H19NO5/c1-15(2,3)8-9-21-13-6-4-11(5-7-14(17)18)10-12(13)16(19)20/h4-7,10H,8-9H2,1-3H3,(H,17,18). The van der Waals surface area contributed by atoms with Gasteiger partial charge in [0.05, 0.1) is 11.5 Å². The zero-order valence-electron chi connectivity index (χ0n) is 12.3. The maximum Gasteiger partial charge on any atom is 0.328 e. The van der Waals surface area contributed by atoms with E-state index in [2.05, 4.69) is 20.8 Å². The molecule has 0 aliphatic rings. The molecule has 0 unspecified atom stereocenters. The number of hydrogen-bond donors (Lipinski definition) is 1. The van der Waals surface area contributed by atoms with Crippen molar-refractivity contribution in [2.75, 3.05) is 6.61 Å². The molecule has 0 aliphatic carbocycles. The van der Waals surface area contributed by atoms with Crippen molar-refractivity contribution in [2.45, 2.75) is 27.2 Å². The lowest BCUT2D eigenvalue weighted by Gasteiger charge is -2.18. The molecule has 1 aromatic rings. The number of rotatable bonds is 6. The number of nitrogens with zero attached hydrogens (tertiary/aromatic N) is 1. The third-order valence-corrected chi connectivity index (χ3v) is 2.71. The van der Waals surface area contributed by atoms with Crippen LogP contribution >= 0.6 is 0 Å². The molecule has 0 saturated heterocycles. The molecule has 0 amide bonds. The molecule has 0 bridgehead atoms. The van der Waals surface area contributed by atoms with Gasteiger partial charge in [0, 0.05) is 12.1 Å². The van der Waals surface area contributed by atoms with Gasteiger partial charge in [-0.1, -0.05) is 26.8 Å². The summed E-state index contributed by atoms with van der Waals surface area (Å²) in [4.78, 5) is 21.0. The number of nitro groups is 1. The Bertz CT molecular complexity index is 558. The quantitative estimate of drug-likeness (QED) is 0.492. The molecule has 1 N–H and O–H groups in total. The van der Waals surface area contributed by atoms with Crippen molar-refractivity contribution in [1.29, 1.82) is 0 Å². The van der Waals surface area contributed by atoms with Crippen LogP contribution in [-0.2, 0) is 4.79 Å². The predicted octanol–water partition coefficient (Wildman–Crippen LogP) is 3.51. The van der Waals surface area contributed by atoms with Gasteiger partial charge in [0.2, 0.25) is 0 Å². The number of hydrogen-bond acceptors (Lipinski definition) is 4. The van der Waals surface area contributed by atoms with Gasteiger partial charge in [-0.05, 0) is 29.5 Å². The van der Waals surface area contributed by atoms with E-state index in [9.17, 15) is 14.9 Å². The number of nitro benzene ring substituents is 1. The van der Waals surface area contributed by atoms with E-state index < -0.39 is 10.9 Å². The summed E-state index contributed by atoms with van der Waals surface area (Å²) in [6.45, 7) is 6.56. The molecule has 0 heterocycles. The van der Waals surface area contributed by atoms with Crippen molar-refractivity contribution in [3.63, 3.8) is 0 Å². The summed E-state index contributed by atoms with van der Waals surface area (Å²) in [5.74, 6) is -0.917. The summed E-state index contributed by atoms with van der Waals surface area (Å²) >= 11 is 0. The van der Waals surface area contributed by atoms with Crippen molar-refractivity contribution in [1.82, 2.24) is 0 Å². The largest absolute Gasteiger partial charge is 0.487 e. The molecule has 0 aromatic heterocycles. The van der Waals surface area contributed by atoms with E-state index >= 15 is 0 Å². The number of ether oxygens (including phenoxy) is 1. The normalized spacial score (nSPS) is 11.6. The average molecular weight is 293 g/mol. The van der Waals surface area contributed by atoms with Crippen molar-refractivity contribution < 1.29 is 19.6 Å². The van der Waals surface area contributed by atoms with E-state index in [1.54, 1.807) is 6.07 Å². The molecule has 1 aromatic carbocycles. The number of carbonyl (C=O) groups is 1. The number of aliphatic carboxylic acids is 1. The summed E-state index contributed by atoms with van der Waals surface area (Å²) in [7, 11) is 0. The molecule has 0 atom stereocenters. The lowest BCUT2D eigenvalue weighted by molar-refractivity contribution is -0.385. The molecule has 0 fully saturated rings. The van der Waals surface area contributed by atoms with Crippen molar-refractivity contribution in [3.05, 3.63) is 40.0 Å². The molecule has 0 spiro atoms. The minimum absolute atomic E-state index is 0.0823. The van der Waals surface area contributed by atoms with E-state index in [0.717, 1.165) is 12.5 Å². The Labute approximate surface area is 123 Å². The Kier molecular flexibility index (Phi) is 5.46. The van der Waals surface area contributed by atoms with Crippen LogP contribution in [0.3, 0.4) is 0 Å².